The van der Waals surface area contributed by atoms with Crippen molar-refractivity contribution in [2.45, 2.75) is 50.7 Å². The van der Waals surface area contributed by atoms with Gasteiger partial charge in [-0.2, -0.15) is 0 Å². The highest BCUT2D eigenvalue weighted by Gasteiger charge is 2.39. The van der Waals surface area contributed by atoms with Crippen molar-refractivity contribution in [2.75, 3.05) is 20.8 Å². The quantitative estimate of drug-likeness (QED) is 0.774. The van der Waals surface area contributed by atoms with Gasteiger partial charge in [-0.1, -0.05) is 18.5 Å². The maximum Gasteiger partial charge on any atom is 0.123 e. The highest BCUT2D eigenvalue weighted by molar-refractivity contribution is 6.30. The summed E-state index contributed by atoms with van der Waals surface area (Å²) < 4.78 is 11.3. The Bertz CT molecular complexity index is 455. The molecule has 1 fully saturated rings. The summed E-state index contributed by atoms with van der Waals surface area (Å²) >= 11 is 6.19. The summed E-state index contributed by atoms with van der Waals surface area (Å²) in [4.78, 5) is 0. The first-order valence-corrected chi connectivity index (χ1v) is 8.14. The predicted molar refractivity (Wildman–Crippen MR) is 87.2 cm³/mol. The Morgan fingerprint density at radius 2 is 2.10 bits per heavy atom. The van der Waals surface area contributed by atoms with Gasteiger partial charge in [0.1, 0.15) is 5.75 Å². The summed E-state index contributed by atoms with van der Waals surface area (Å²) in [7, 11) is 3.53. The molecule has 4 heteroatoms. The molecule has 1 aromatic carbocycles. The number of halogens is 1. The highest BCUT2D eigenvalue weighted by atomic mass is 35.5. The smallest absolute Gasteiger partial charge is 0.123 e. The average Bonchev–Trinajstić information content (AvgIpc) is 2.46. The van der Waals surface area contributed by atoms with Gasteiger partial charge in [0.25, 0.3) is 0 Å². The zero-order valence-electron chi connectivity index (χ0n) is 13.2. The molecule has 21 heavy (non-hydrogen) atoms. The molecule has 1 unspecified atom stereocenters. The summed E-state index contributed by atoms with van der Waals surface area (Å²) in [5, 5.41) is 4.37. The largest absolute Gasteiger partial charge is 0.496 e. The first kappa shape index (κ1) is 16.6. The Morgan fingerprint density at radius 1 is 1.33 bits per heavy atom. The normalized spacial score (nSPS) is 18.1. The maximum atomic E-state index is 6.19. The lowest BCUT2D eigenvalue weighted by Crippen LogP contribution is -2.43. The van der Waals surface area contributed by atoms with Gasteiger partial charge in [0.15, 0.2) is 0 Å². The summed E-state index contributed by atoms with van der Waals surface area (Å²) in [5.41, 5.74) is 1.14. The molecule has 1 N–H and O–H groups in total. The van der Waals surface area contributed by atoms with Crippen LogP contribution in [0.1, 0.15) is 50.6 Å². The predicted octanol–water partition coefficient (Wildman–Crippen LogP) is 4.35. The Balaban J connectivity index is 2.24. The van der Waals surface area contributed by atoms with Crippen LogP contribution < -0.4 is 10.1 Å². The fourth-order valence-electron chi connectivity index (χ4n) is 3.02. The SMILES string of the molecule is CCCNC(CC1(OC)CCC1)c1cc(Cl)ccc1OC. The van der Waals surface area contributed by atoms with Crippen LogP contribution in [-0.2, 0) is 4.74 Å². The molecule has 3 nitrogen and oxygen atoms in total. The molecule has 1 aromatic rings. The van der Waals surface area contributed by atoms with Gasteiger partial charge >= 0.3 is 0 Å². The molecule has 0 saturated heterocycles. The summed E-state index contributed by atoms with van der Waals surface area (Å²) in [6.45, 7) is 3.15. The molecule has 2 rings (SSSR count). The van der Waals surface area contributed by atoms with Crippen molar-refractivity contribution in [1.29, 1.82) is 0 Å². The first-order valence-electron chi connectivity index (χ1n) is 7.76. The Morgan fingerprint density at radius 3 is 2.62 bits per heavy atom. The van der Waals surface area contributed by atoms with Gasteiger partial charge in [0, 0.05) is 23.7 Å². The topological polar surface area (TPSA) is 30.5 Å². The monoisotopic (exact) mass is 311 g/mol. The number of nitrogens with one attached hydrogen (secondary N) is 1. The van der Waals surface area contributed by atoms with Gasteiger partial charge in [0.2, 0.25) is 0 Å². The Hall–Kier alpha value is -0.770. The van der Waals surface area contributed by atoms with Gasteiger partial charge in [0.05, 0.1) is 12.7 Å². The molecular formula is C17H26ClNO2. The molecule has 0 heterocycles. The van der Waals surface area contributed by atoms with Crippen LogP contribution in [0.2, 0.25) is 5.02 Å². The second kappa shape index (κ2) is 7.48. The van der Waals surface area contributed by atoms with Gasteiger partial charge in [-0.25, -0.2) is 0 Å². The lowest BCUT2D eigenvalue weighted by Gasteiger charge is -2.43. The fourth-order valence-corrected chi connectivity index (χ4v) is 3.20. The van der Waals surface area contributed by atoms with Gasteiger partial charge in [-0.3, -0.25) is 0 Å². The van der Waals surface area contributed by atoms with E-state index in [0.29, 0.717) is 0 Å². The molecule has 1 atom stereocenters. The van der Waals surface area contributed by atoms with Gasteiger partial charge in [-0.05, 0) is 56.8 Å². The van der Waals surface area contributed by atoms with Gasteiger partial charge in [-0.15, -0.1) is 0 Å². The van der Waals surface area contributed by atoms with E-state index in [9.17, 15) is 0 Å². The van der Waals surface area contributed by atoms with Crippen molar-refractivity contribution in [3.05, 3.63) is 28.8 Å². The molecule has 0 radical (unpaired) electrons. The van der Waals surface area contributed by atoms with E-state index in [0.717, 1.165) is 48.6 Å². The molecule has 0 aromatic heterocycles. The zero-order chi connectivity index (χ0) is 15.3. The second-order valence-corrected chi connectivity index (χ2v) is 6.27. The molecule has 1 aliphatic carbocycles. The minimum atomic E-state index is 0.0126. The molecule has 0 amide bonds. The lowest BCUT2D eigenvalue weighted by molar-refractivity contribution is -0.0838. The fraction of sp³-hybridized carbons (Fsp3) is 0.647. The van der Waals surface area contributed by atoms with E-state index in [-0.39, 0.29) is 11.6 Å². The number of rotatable bonds is 8. The number of methoxy groups -OCH3 is 2. The molecule has 0 aliphatic heterocycles. The molecular weight excluding hydrogens is 286 g/mol. The maximum absolute atomic E-state index is 6.19. The third-order valence-corrected chi connectivity index (χ3v) is 4.72. The van der Waals surface area contributed by atoms with E-state index in [2.05, 4.69) is 12.2 Å². The van der Waals surface area contributed by atoms with Crippen molar-refractivity contribution >= 4 is 11.6 Å². The Labute approximate surface area is 133 Å². The number of hydrogen-bond donors (Lipinski definition) is 1. The van der Waals surface area contributed by atoms with Crippen LogP contribution in [0.3, 0.4) is 0 Å². The van der Waals surface area contributed by atoms with E-state index >= 15 is 0 Å². The summed E-state index contributed by atoms with van der Waals surface area (Å²) in [6.07, 6.45) is 5.58. The average molecular weight is 312 g/mol. The van der Waals surface area contributed by atoms with Crippen LogP contribution in [-0.4, -0.2) is 26.4 Å². The molecule has 0 bridgehead atoms. The molecule has 118 valence electrons. The first-order chi connectivity index (χ1) is 10.1. The van der Waals surface area contributed by atoms with E-state index in [1.807, 2.05) is 25.3 Å². The number of ether oxygens (including phenoxy) is 2. The van der Waals surface area contributed by atoms with Gasteiger partial charge < -0.3 is 14.8 Å². The number of benzene rings is 1. The van der Waals surface area contributed by atoms with Crippen LogP contribution in [0.4, 0.5) is 0 Å². The van der Waals surface area contributed by atoms with Crippen molar-refractivity contribution < 1.29 is 9.47 Å². The molecule has 1 aliphatic rings. The van der Waals surface area contributed by atoms with Crippen LogP contribution in [0, 0.1) is 0 Å². The van der Waals surface area contributed by atoms with Crippen molar-refractivity contribution in [2.24, 2.45) is 0 Å². The van der Waals surface area contributed by atoms with Crippen molar-refractivity contribution in [3.63, 3.8) is 0 Å². The van der Waals surface area contributed by atoms with E-state index in [1.165, 1.54) is 6.42 Å². The minimum Gasteiger partial charge on any atom is -0.496 e. The van der Waals surface area contributed by atoms with Crippen LogP contribution in [0.5, 0.6) is 5.75 Å². The molecule has 0 spiro atoms. The van der Waals surface area contributed by atoms with E-state index < -0.39 is 0 Å². The van der Waals surface area contributed by atoms with Crippen LogP contribution in [0.25, 0.3) is 0 Å². The minimum absolute atomic E-state index is 0.0126. The summed E-state index contributed by atoms with van der Waals surface area (Å²) in [6, 6.07) is 6.03. The van der Waals surface area contributed by atoms with E-state index in [4.69, 9.17) is 21.1 Å². The number of hydrogen-bond acceptors (Lipinski definition) is 3. The summed E-state index contributed by atoms with van der Waals surface area (Å²) in [5.74, 6) is 0.888. The third kappa shape index (κ3) is 3.91. The van der Waals surface area contributed by atoms with E-state index in [1.54, 1.807) is 7.11 Å². The van der Waals surface area contributed by atoms with Crippen LogP contribution in [0.15, 0.2) is 18.2 Å². The van der Waals surface area contributed by atoms with Crippen LogP contribution >= 0.6 is 11.6 Å². The third-order valence-electron chi connectivity index (χ3n) is 4.48. The van der Waals surface area contributed by atoms with Crippen molar-refractivity contribution in [3.8, 4) is 5.75 Å². The Kier molecular flexibility index (Phi) is 5.91. The lowest BCUT2D eigenvalue weighted by atomic mass is 9.74. The standard InChI is InChI=1S/C17H26ClNO2/c1-4-10-19-15(12-17(21-3)8-5-9-17)14-11-13(18)6-7-16(14)20-2/h6-7,11,15,19H,4-5,8-10,12H2,1-3H3. The van der Waals surface area contributed by atoms with Crippen molar-refractivity contribution in [1.82, 2.24) is 5.32 Å². The zero-order valence-corrected chi connectivity index (χ0v) is 14.0. The second-order valence-electron chi connectivity index (χ2n) is 5.84. The highest BCUT2D eigenvalue weighted by Crippen LogP contribution is 2.43. The molecule has 1 saturated carbocycles.